The number of hydrogen-bond acceptors (Lipinski definition) is 0. The Morgan fingerprint density at radius 3 is 2.43 bits per heavy atom. The van der Waals surface area contributed by atoms with Crippen LogP contribution < -0.4 is 10.4 Å². The lowest BCUT2D eigenvalue weighted by Gasteiger charge is -1.84. The van der Waals surface area contributed by atoms with Gasteiger partial charge in [0, 0.05) is 0 Å². The second-order valence-electron chi connectivity index (χ2n) is 2.70. The second kappa shape index (κ2) is 8.31. The molecule has 0 nitrogen and oxygen atoms in total. The number of benzene rings is 1. The molecule has 0 fully saturated rings. The normalized spacial score (nSPS) is 11.2. The number of allylic oxidation sites excluding steroid dienone is 2. The molecule has 0 aromatic heterocycles. The summed E-state index contributed by atoms with van der Waals surface area (Å²) in [5.41, 5.74) is 0. The minimum atomic E-state index is 1.08. The van der Waals surface area contributed by atoms with Gasteiger partial charge in [-0.05, 0) is 16.9 Å². The van der Waals surface area contributed by atoms with Crippen molar-refractivity contribution in [1.82, 2.24) is 0 Å². The van der Waals surface area contributed by atoms with Crippen molar-refractivity contribution >= 4 is 12.7 Å². The molecule has 1 aromatic carbocycles. The van der Waals surface area contributed by atoms with E-state index in [-0.39, 0.29) is 0 Å². The van der Waals surface area contributed by atoms with Crippen LogP contribution in [0.1, 0.15) is 27.2 Å². The summed E-state index contributed by atoms with van der Waals surface area (Å²) in [6.07, 6.45) is 7.37. The topological polar surface area (TPSA) is 0 Å². The smallest absolute Gasteiger partial charge is 0.0190 e. The van der Waals surface area contributed by atoms with Gasteiger partial charge in [0.15, 0.2) is 0 Å². The molecule has 1 rings (SSSR count). The second-order valence-corrected chi connectivity index (χ2v) is 2.70. The Morgan fingerprint density at radius 2 is 1.86 bits per heavy atom. The highest BCUT2D eigenvalue weighted by atomic mass is 13.8. The highest BCUT2D eigenvalue weighted by Crippen LogP contribution is 1.79. The van der Waals surface area contributed by atoms with Gasteiger partial charge in [0.05, 0.1) is 0 Å². The summed E-state index contributed by atoms with van der Waals surface area (Å²) in [5.74, 6) is 0. The van der Waals surface area contributed by atoms with E-state index in [0.717, 1.165) is 11.6 Å². The fourth-order valence-electron chi connectivity index (χ4n) is 1.00. The van der Waals surface area contributed by atoms with Crippen molar-refractivity contribution in [3.8, 4) is 0 Å². The summed E-state index contributed by atoms with van der Waals surface area (Å²) >= 11 is 0. The van der Waals surface area contributed by atoms with Crippen LogP contribution in [0.4, 0.5) is 0 Å². The molecule has 1 aromatic rings. The summed E-state index contributed by atoms with van der Waals surface area (Å²) in [4.78, 5) is 0. The first kappa shape index (κ1) is 12.7. The largest absolute Gasteiger partial charge is 0.0912 e. The molecule has 0 radical (unpaired) electrons. The molecule has 76 valence electrons. The van der Waals surface area contributed by atoms with E-state index in [0.29, 0.717) is 0 Å². The molecule has 0 heteroatoms. The summed E-state index contributed by atoms with van der Waals surface area (Å²) in [6, 6.07) is 8.12. The van der Waals surface area contributed by atoms with Crippen molar-refractivity contribution in [3.63, 3.8) is 0 Å². The highest BCUT2D eigenvalue weighted by Gasteiger charge is 1.76. The van der Waals surface area contributed by atoms with Gasteiger partial charge < -0.3 is 0 Å². The van der Waals surface area contributed by atoms with Crippen LogP contribution in [-0.2, 0) is 0 Å². The zero-order valence-corrected chi connectivity index (χ0v) is 9.46. The lowest BCUT2D eigenvalue weighted by molar-refractivity contribution is 1.23. The molecule has 0 atom stereocenters. The fraction of sp³-hybridized carbons (Fsp3) is 0.286. The molecule has 0 spiro atoms. The number of hydrogen-bond donors (Lipinski definition) is 0. The standard InChI is InChI=1S/C12H14.C2H6/c1-3-4-5-9-12-10-7-6-8-11(12)2;1-2/h4-10H,2-3H2,1H3;1-2H3/b5-4-,12-9-;. The first-order chi connectivity index (χ1) is 6.84. The molecule has 0 aliphatic carbocycles. The Bertz CT molecular complexity index is 358. The van der Waals surface area contributed by atoms with Gasteiger partial charge in [0.25, 0.3) is 0 Å². The van der Waals surface area contributed by atoms with Gasteiger partial charge in [0.1, 0.15) is 0 Å². The Labute approximate surface area is 87.3 Å². The lowest BCUT2D eigenvalue weighted by Crippen LogP contribution is -2.21. The zero-order valence-electron chi connectivity index (χ0n) is 9.46. The Balaban J connectivity index is 0.000000791. The first-order valence-electron chi connectivity index (χ1n) is 5.25. The van der Waals surface area contributed by atoms with Crippen LogP contribution in [0.15, 0.2) is 36.4 Å². The van der Waals surface area contributed by atoms with Crippen LogP contribution in [0.3, 0.4) is 0 Å². The third-order valence-electron chi connectivity index (χ3n) is 1.70. The SMILES string of the molecule is C=c1cccc/c1=C/C=C\CC.CC. The lowest BCUT2D eigenvalue weighted by atomic mass is 10.2. The monoisotopic (exact) mass is 188 g/mol. The molecule has 0 bridgehead atoms. The van der Waals surface area contributed by atoms with Gasteiger partial charge >= 0.3 is 0 Å². The van der Waals surface area contributed by atoms with E-state index < -0.39 is 0 Å². The van der Waals surface area contributed by atoms with E-state index in [4.69, 9.17) is 0 Å². The maximum atomic E-state index is 3.93. The van der Waals surface area contributed by atoms with Crippen LogP contribution in [0.25, 0.3) is 12.7 Å². The quantitative estimate of drug-likeness (QED) is 0.669. The van der Waals surface area contributed by atoms with Gasteiger partial charge in [0.2, 0.25) is 0 Å². The molecule has 14 heavy (non-hydrogen) atoms. The Hall–Kier alpha value is -1.30. The first-order valence-corrected chi connectivity index (χ1v) is 5.25. The summed E-state index contributed by atoms with van der Waals surface area (Å²) in [6.45, 7) is 10.1. The van der Waals surface area contributed by atoms with Crippen molar-refractivity contribution in [2.75, 3.05) is 0 Å². The third kappa shape index (κ3) is 4.66. The summed E-state index contributed by atoms with van der Waals surface area (Å²) < 4.78 is 0. The van der Waals surface area contributed by atoms with Crippen molar-refractivity contribution in [2.45, 2.75) is 27.2 Å². The summed E-state index contributed by atoms with van der Waals surface area (Å²) in [5, 5.41) is 2.28. The number of rotatable bonds is 2. The third-order valence-corrected chi connectivity index (χ3v) is 1.70. The minimum Gasteiger partial charge on any atom is -0.0912 e. The Kier molecular flexibility index (Phi) is 7.53. The predicted octanol–water partition coefficient (Wildman–Crippen LogP) is 2.87. The zero-order chi connectivity index (χ0) is 10.8. The molecular formula is C14H20. The maximum Gasteiger partial charge on any atom is -0.0190 e. The van der Waals surface area contributed by atoms with E-state index in [1.165, 1.54) is 5.22 Å². The fourth-order valence-corrected chi connectivity index (χ4v) is 1.00. The average Bonchev–Trinajstić information content (AvgIpc) is 2.24. The summed E-state index contributed by atoms with van der Waals surface area (Å²) in [7, 11) is 0. The van der Waals surface area contributed by atoms with E-state index in [1.807, 2.05) is 32.0 Å². The van der Waals surface area contributed by atoms with Crippen molar-refractivity contribution in [3.05, 3.63) is 46.9 Å². The molecule has 0 saturated carbocycles. The highest BCUT2D eigenvalue weighted by molar-refractivity contribution is 5.37. The van der Waals surface area contributed by atoms with Crippen LogP contribution in [0.5, 0.6) is 0 Å². The van der Waals surface area contributed by atoms with Gasteiger partial charge in [-0.1, -0.05) is 69.8 Å². The molecule has 0 aliphatic heterocycles. The molecule has 0 amide bonds. The van der Waals surface area contributed by atoms with Crippen molar-refractivity contribution < 1.29 is 0 Å². The van der Waals surface area contributed by atoms with Gasteiger partial charge in [-0.2, -0.15) is 0 Å². The van der Waals surface area contributed by atoms with Gasteiger partial charge in [-0.3, -0.25) is 0 Å². The van der Waals surface area contributed by atoms with Gasteiger partial charge in [-0.15, -0.1) is 0 Å². The van der Waals surface area contributed by atoms with Crippen molar-refractivity contribution in [1.29, 1.82) is 0 Å². The molecule has 0 unspecified atom stereocenters. The maximum absolute atomic E-state index is 3.93. The van der Waals surface area contributed by atoms with Crippen LogP contribution >= 0.6 is 0 Å². The minimum absolute atomic E-state index is 1.08. The van der Waals surface area contributed by atoms with E-state index in [2.05, 4.69) is 37.8 Å². The Morgan fingerprint density at radius 1 is 1.21 bits per heavy atom. The van der Waals surface area contributed by atoms with Crippen molar-refractivity contribution in [2.24, 2.45) is 0 Å². The molecular weight excluding hydrogens is 168 g/mol. The molecule has 0 N–H and O–H groups in total. The van der Waals surface area contributed by atoms with Crippen LogP contribution in [0.2, 0.25) is 0 Å². The average molecular weight is 188 g/mol. The van der Waals surface area contributed by atoms with E-state index in [9.17, 15) is 0 Å². The van der Waals surface area contributed by atoms with E-state index in [1.54, 1.807) is 0 Å². The van der Waals surface area contributed by atoms with Crippen LogP contribution in [-0.4, -0.2) is 0 Å². The predicted molar refractivity (Wildman–Crippen MR) is 66.5 cm³/mol. The van der Waals surface area contributed by atoms with Gasteiger partial charge in [-0.25, -0.2) is 0 Å². The molecule has 0 heterocycles. The molecule has 0 aliphatic rings. The molecule has 0 saturated heterocycles. The van der Waals surface area contributed by atoms with Crippen LogP contribution in [0, 0.1) is 0 Å². The van der Waals surface area contributed by atoms with E-state index >= 15 is 0 Å².